The van der Waals surface area contributed by atoms with E-state index in [0.29, 0.717) is 11.8 Å². The summed E-state index contributed by atoms with van der Waals surface area (Å²) in [6.45, 7) is 2.54. The van der Waals surface area contributed by atoms with E-state index in [4.69, 9.17) is 9.47 Å². The van der Waals surface area contributed by atoms with Crippen LogP contribution >= 0.6 is 27.7 Å². The molecule has 0 radical (unpaired) electrons. The second kappa shape index (κ2) is 8.35. The third kappa shape index (κ3) is 4.13. The molecule has 25 heavy (non-hydrogen) atoms. The Morgan fingerprint density at radius 2 is 2.00 bits per heavy atom. The molecule has 3 rings (SSSR count). The Morgan fingerprint density at radius 1 is 1.16 bits per heavy atom. The fourth-order valence-electron chi connectivity index (χ4n) is 2.28. The first-order valence-corrected chi connectivity index (χ1v) is 9.46. The van der Waals surface area contributed by atoms with Crippen molar-refractivity contribution in [3.8, 4) is 17.2 Å². The van der Waals surface area contributed by atoms with Crippen molar-refractivity contribution in [3.63, 3.8) is 0 Å². The lowest BCUT2D eigenvalue weighted by Crippen LogP contribution is -2.03. The number of halogens is 1. The van der Waals surface area contributed by atoms with Crippen molar-refractivity contribution >= 4 is 27.7 Å². The molecule has 1 heterocycles. The molecule has 0 saturated carbocycles. The van der Waals surface area contributed by atoms with Gasteiger partial charge in [-0.25, -0.2) is 0 Å². The first-order valence-electron chi connectivity index (χ1n) is 7.68. The number of aromatic nitrogens is 4. The summed E-state index contributed by atoms with van der Waals surface area (Å²) in [5, 5.41) is 12.8. The van der Waals surface area contributed by atoms with Crippen molar-refractivity contribution in [1.29, 1.82) is 0 Å². The molecule has 0 aliphatic carbocycles. The maximum Gasteiger partial charge on any atom is 0.214 e. The molecule has 0 spiro atoms. The minimum absolute atomic E-state index is 0.585. The van der Waals surface area contributed by atoms with Crippen LogP contribution < -0.4 is 9.47 Å². The van der Waals surface area contributed by atoms with E-state index in [9.17, 15) is 0 Å². The number of hydrogen-bond donors (Lipinski definition) is 0. The SMILES string of the molecule is CCOc1ccccc1-n1nnnc1SCc1ccc(OC)c(Br)c1. The first kappa shape index (κ1) is 17.8. The van der Waals surface area contributed by atoms with Gasteiger partial charge in [-0.1, -0.05) is 30.0 Å². The average molecular weight is 421 g/mol. The highest BCUT2D eigenvalue weighted by Crippen LogP contribution is 2.30. The smallest absolute Gasteiger partial charge is 0.214 e. The zero-order chi connectivity index (χ0) is 17.6. The van der Waals surface area contributed by atoms with Crippen LogP contribution in [0.1, 0.15) is 12.5 Å². The van der Waals surface area contributed by atoms with Gasteiger partial charge in [0.15, 0.2) is 0 Å². The van der Waals surface area contributed by atoms with E-state index in [1.165, 1.54) is 0 Å². The van der Waals surface area contributed by atoms with E-state index in [-0.39, 0.29) is 0 Å². The third-order valence-corrected chi connectivity index (χ3v) is 5.03. The maximum atomic E-state index is 5.67. The minimum atomic E-state index is 0.585. The van der Waals surface area contributed by atoms with Crippen molar-refractivity contribution < 1.29 is 9.47 Å². The normalized spacial score (nSPS) is 10.7. The number of ether oxygens (including phenoxy) is 2. The van der Waals surface area contributed by atoms with Crippen LogP contribution in [0.25, 0.3) is 5.69 Å². The van der Waals surface area contributed by atoms with Crippen LogP contribution in [0.15, 0.2) is 52.1 Å². The van der Waals surface area contributed by atoms with Gasteiger partial charge in [0.25, 0.3) is 0 Å². The van der Waals surface area contributed by atoms with Crippen LogP contribution in [-0.4, -0.2) is 33.9 Å². The predicted molar refractivity (Wildman–Crippen MR) is 101 cm³/mol. The van der Waals surface area contributed by atoms with Gasteiger partial charge < -0.3 is 9.47 Å². The summed E-state index contributed by atoms with van der Waals surface area (Å²) in [4.78, 5) is 0. The van der Waals surface area contributed by atoms with E-state index in [0.717, 1.165) is 33.0 Å². The van der Waals surface area contributed by atoms with E-state index in [2.05, 4.69) is 31.5 Å². The monoisotopic (exact) mass is 420 g/mol. The number of hydrogen-bond acceptors (Lipinski definition) is 6. The van der Waals surface area contributed by atoms with Crippen molar-refractivity contribution in [2.45, 2.75) is 17.8 Å². The molecule has 0 atom stereocenters. The molecule has 8 heteroatoms. The van der Waals surface area contributed by atoms with Gasteiger partial charge in [-0.05, 0) is 63.1 Å². The standard InChI is InChI=1S/C17H17BrN4O2S/c1-3-24-16-7-5-4-6-14(16)22-17(19-20-21-22)25-11-12-8-9-15(23-2)13(18)10-12/h4-10H,3,11H2,1-2H3. The fraction of sp³-hybridized carbons (Fsp3) is 0.235. The average Bonchev–Trinajstić information content (AvgIpc) is 3.09. The summed E-state index contributed by atoms with van der Waals surface area (Å²) in [5.74, 6) is 2.30. The van der Waals surface area contributed by atoms with E-state index in [1.807, 2.05) is 49.4 Å². The Labute approximate surface area is 158 Å². The zero-order valence-electron chi connectivity index (χ0n) is 13.8. The molecular weight excluding hydrogens is 404 g/mol. The van der Waals surface area contributed by atoms with Crippen molar-refractivity contribution in [2.24, 2.45) is 0 Å². The predicted octanol–water partition coefficient (Wildman–Crippen LogP) is 4.12. The molecule has 0 bridgehead atoms. The molecule has 3 aromatic rings. The molecule has 0 aliphatic heterocycles. The molecule has 6 nitrogen and oxygen atoms in total. The molecule has 2 aromatic carbocycles. The topological polar surface area (TPSA) is 62.1 Å². The third-order valence-electron chi connectivity index (χ3n) is 3.42. The fourth-order valence-corrected chi connectivity index (χ4v) is 3.69. The van der Waals surface area contributed by atoms with Gasteiger partial charge in [-0.15, -0.1) is 5.10 Å². The Kier molecular flexibility index (Phi) is 5.93. The van der Waals surface area contributed by atoms with Gasteiger partial charge in [0.05, 0.1) is 18.2 Å². The molecule has 1 aromatic heterocycles. The molecule has 0 fully saturated rings. The van der Waals surface area contributed by atoms with Crippen LogP contribution in [0.5, 0.6) is 11.5 Å². The molecule has 0 unspecified atom stereocenters. The number of nitrogens with zero attached hydrogens (tertiary/aromatic N) is 4. The molecule has 130 valence electrons. The molecule has 0 saturated heterocycles. The summed E-state index contributed by atoms with van der Waals surface area (Å²) in [5.41, 5.74) is 1.97. The molecule has 0 aliphatic rings. The van der Waals surface area contributed by atoms with Gasteiger partial charge in [0.2, 0.25) is 5.16 Å². The maximum absolute atomic E-state index is 5.67. The number of para-hydroxylation sites is 2. The molecule has 0 amide bonds. The first-order chi connectivity index (χ1) is 12.2. The van der Waals surface area contributed by atoms with Crippen molar-refractivity contribution in [2.75, 3.05) is 13.7 Å². The lowest BCUT2D eigenvalue weighted by atomic mass is 10.2. The quantitative estimate of drug-likeness (QED) is 0.535. The second-order valence-electron chi connectivity index (χ2n) is 5.03. The van der Waals surface area contributed by atoms with Crippen LogP contribution in [0.2, 0.25) is 0 Å². The highest BCUT2D eigenvalue weighted by Gasteiger charge is 2.13. The summed E-state index contributed by atoms with van der Waals surface area (Å²) >= 11 is 5.07. The van der Waals surface area contributed by atoms with E-state index >= 15 is 0 Å². The number of methoxy groups -OCH3 is 1. The summed E-state index contributed by atoms with van der Waals surface area (Å²) < 4.78 is 13.6. The molecular formula is C17H17BrN4O2S. The van der Waals surface area contributed by atoms with Gasteiger partial charge >= 0.3 is 0 Å². The Balaban J connectivity index is 1.80. The molecule has 0 N–H and O–H groups in total. The van der Waals surface area contributed by atoms with Crippen LogP contribution in [0, 0.1) is 0 Å². The van der Waals surface area contributed by atoms with Crippen molar-refractivity contribution in [1.82, 2.24) is 20.2 Å². The van der Waals surface area contributed by atoms with E-state index in [1.54, 1.807) is 23.6 Å². The number of rotatable bonds is 7. The summed E-state index contributed by atoms with van der Waals surface area (Å²) in [7, 11) is 1.65. The zero-order valence-corrected chi connectivity index (χ0v) is 16.2. The Hall–Kier alpha value is -2.06. The van der Waals surface area contributed by atoms with Gasteiger partial charge in [-0.3, -0.25) is 0 Å². The Morgan fingerprint density at radius 3 is 2.76 bits per heavy atom. The van der Waals surface area contributed by atoms with Crippen LogP contribution in [0.4, 0.5) is 0 Å². The Bertz CT molecular complexity index is 856. The lowest BCUT2D eigenvalue weighted by molar-refractivity contribution is 0.337. The van der Waals surface area contributed by atoms with E-state index < -0.39 is 0 Å². The number of benzene rings is 2. The lowest BCUT2D eigenvalue weighted by Gasteiger charge is -2.10. The number of thioether (sulfide) groups is 1. The van der Waals surface area contributed by atoms with Crippen LogP contribution in [0.3, 0.4) is 0 Å². The van der Waals surface area contributed by atoms with Gasteiger partial charge in [0, 0.05) is 5.75 Å². The highest BCUT2D eigenvalue weighted by molar-refractivity contribution is 9.10. The summed E-state index contributed by atoms with van der Waals surface area (Å²) in [6, 6.07) is 13.7. The summed E-state index contributed by atoms with van der Waals surface area (Å²) in [6.07, 6.45) is 0. The van der Waals surface area contributed by atoms with Crippen LogP contribution in [-0.2, 0) is 5.75 Å². The van der Waals surface area contributed by atoms with Gasteiger partial charge in [0.1, 0.15) is 17.2 Å². The second-order valence-corrected chi connectivity index (χ2v) is 6.83. The van der Waals surface area contributed by atoms with Crippen molar-refractivity contribution in [3.05, 3.63) is 52.5 Å². The highest BCUT2D eigenvalue weighted by atomic mass is 79.9. The number of tetrazole rings is 1. The minimum Gasteiger partial charge on any atom is -0.496 e. The van der Waals surface area contributed by atoms with Gasteiger partial charge in [-0.2, -0.15) is 4.68 Å². The largest absolute Gasteiger partial charge is 0.496 e.